The van der Waals surface area contributed by atoms with Crippen LogP contribution in [0.2, 0.25) is 0 Å². The molecule has 6 nitrogen and oxygen atoms in total. The van der Waals surface area contributed by atoms with Crippen LogP contribution < -0.4 is 10.1 Å². The average Bonchev–Trinajstić information content (AvgIpc) is 3.05. The first-order valence-electron chi connectivity index (χ1n) is 8.17. The summed E-state index contributed by atoms with van der Waals surface area (Å²) in [6, 6.07) is 7.42. The first kappa shape index (κ1) is 17.7. The Hall–Kier alpha value is -2.15. The Morgan fingerprint density at radius 1 is 1.28 bits per heavy atom. The number of rotatable bonds is 4. The third-order valence-electron chi connectivity index (χ3n) is 4.09. The third-order valence-corrected chi connectivity index (χ3v) is 5.29. The number of hydrogen-bond acceptors (Lipinski definition) is 4. The Kier molecular flexibility index (Phi) is 4.69. The van der Waals surface area contributed by atoms with E-state index in [4.69, 9.17) is 4.74 Å². The van der Waals surface area contributed by atoms with Crippen LogP contribution >= 0.6 is 0 Å². The van der Waals surface area contributed by atoms with Crippen LogP contribution in [0.1, 0.15) is 37.6 Å². The second-order valence-electron chi connectivity index (χ2n) is 7.16. The lowest BCUT2D eigenvalue weighted by molar-refractivity contribution is -0.115. The maximum Gasteiger partial charge on any atom is 0.229 e. The van der Waals surface area contributed by atoms with Gasteiger partial charge in [-0.1, -0.05) is 12.1 Å². The van der Waals surface area contributed by atoms with Gasteiger partial charge in [0.2, 0.25) is 5.91 Å². The molecule has 0 aliphatic carbocycles. The lowest BCUT2D eigenvalue weighted by atomic mass is 10.1. The third kappa shape index (κ3) is 3.76. The number of amides is 1. The molecule has 134 valence electrons. The predicted molar refractivity (Wildman–Crippen MR) is 98.1 cm³/mol. The Morgan fingerprint density at radius 3 is 2.56 bits per heavy atom. The predicted octanol–water partition coefficient (Wildman–Crippen LogP) is 2.59. The van der Waals surface area contributed by atoms with Gasteiger partial charge in [-0.15, -0.1) is 0 Å². The van der Waals surface area contributed by atoms with Crippen molar-refractivity contribution in [3.05, 3.63) is 41.1 Å². The molecule has 0 saturated carbocycles. The quantitative estimate of drug-likeness (QED) is 0.908. The highest BCUT2D eigenvalue weighted by atomic mass is 32.2. The van der Waals surface area contributed by atoms with E-state index in [1.54, 1.807) is 7.11 Å². The fraction of sp³-hybridized carbons (Fsp3) is 0.444. The van der Waals surface area contributed by atoms with Crippen LogP contribution in [0.15, 0.2) is 24.3 Å². The maximum absolute atomic E-state index is 12.5. The molecule has 0 fully saturated rings. The number of nitrogens with zero attached hydrogens (tertiary/aromatic N) is 2. The first-order valence-corrected chi connectivity index (χ1v) is 9.65. The normalized spacial score (nSPS) is 16.6. The van der Waals surface area contributed by atoms with Crippen LogP contribution in [0.5, 0.6) is 5.75 Å². The SMILES string of the molecule is COc1ccc(CC(=O)Nc2c3c(nn2C(C)(C)C)C[S@@](=O)C3)cc1. The summed E-state index contributed by atoms with van der Waals surface area (Å²) in [5.74, 6) is 2.22. The molecular weight excluding hydrogens is 338 g/mol. The molecular formula is C18H23N3O3S. The van der Waals surface area contributed by atoms with Crippen molar-refractivity contribution < 1.29 is 13.7 Å². The van der Waals surface area contributed by atoms with Crippen LogP contribution in [0.25, 0.3) is 0 Å². The van der Waals surface area contributed by atoms with Gasteiger partial charge in [-0.05, 0) is 38.5 Å². The summed E-state index contributed by atoms with van der Waals surface area (Å²) in [5.41, 5.74) is 2.36. The highest BCUT2D eigenvalue weighted by Crippen LogP contribution is 2.33. The van der Waals surface area contributed by atoms with E-state index in [1.807, 2.05) is 49.7 Å². The number of carbonyl (C=O) groups is 1. The molecule has 2 aromatic rings. The van der Waals surface area contributed by atoms with Gasteiger partial charge in [0.15, 0.2) is 0 Å². The number of benzene rings is 1. The fourth-order valence-electron chi connectivity index (χ4n) is 2.85. The topological polar surface area (TPSA) is 73.2 Å². The molecule has 0 saturated heterocycles. The molecule has 0 radical (unpaired) electrons. The van der Waals surface area contributed by atoms with E-state index in [0.29, 0.717) is 17.3 Å². The van der Waals surface area contributed by atoms with Gasteiger partial charge >= 0.3 is 0 Å². The molecule has 1 atom stereocenters. The average molecular weight is 361 g/mol. The monoisotopic (exact) mass is 361 g/mol. The van der Waals surface area contributed by atoms with E-state index in [0.717, 1.165) is 22.6 Å². The molecule has 0 spiro atoms. The number of methoxy groups -OCH3 is 1. The largest absolute Gasteiger partial charge is 0.497 e. The summed E-state index contributed by atoms with van der Waals surface area (Å²) in [5, 5.41) is 7.58. The molecule has 1 aliphatic rings. The Labute approximate surface area is 150 Å². The van der Waals surface area contributed by atoms with Gasteiger partial charge in [0.25, 0.3) is 0 Å². The van der Waals surface area contributed by atoms with E-state index < -0.39 is 10.8 Å². The zero-order chi connectivity index (χ0) is 18.2. The van der Waals surface area contributed by atoms with Crippen molar-refractivity contribution in [3.63, 3.8) is 0 Å². The van der Waals surface area contributed by atoms with Gasteiger partial charge in [0.1, 0.15) is 11.6 Å². The highest BCUT2D eigenvalue weighted by Gasteiger charge is 2.31. The van der Waals surface area contributed by atoms with Crippen LogP contribution in [-0.2, 0) is 39.1 Å². The minimum atomic E-state index is -0.931. The second kappa shape index (κ2) is 6.63. The summed E-state index contributed by atoms with van der Waals surface area (Å²) < 4.78 is 18.8. The number of ether oxygens (including phenoxy) is 1. The molecule has 1 aromatic carbocycles. The first-order chi connectivity index (χ1) is 11.8. The number of carbonyl (C=O) groups excluding carboxylic acids is 1. The summed E-state index contributed by atoms with van der Waals surface area (Å²) in [7, 11) is 0.680. The molecule has 0 unspecified atom stereocenters. The lowest BCUT2D eigenvalue weighted by Gasteiger charge is -2.23. The molecule has 25 heavy (non-hydrogen) atoms. The minimum absolute atomic E-state index is 0.115. The van der Waals surface area contributed by atoms with Crippen molar-refractivity contribution in [1.82, 2.24) is 9.78 Å². The molecule has 7 heteroatoms. The molecule has 1 N–H and O–H groups in total. The highest BCUT2D eigenvalue weighted by molar-refractivity contribution is 7.83. The van der Waals surface area contributed by atoms with Gasteiger partial charge in [-0.3, -0.25) is 9.00 Å². The van der Waals surface area contributed by atoms with Crippen LogP contribution in [0, 0.1) is 0 Å². The zero-order valence-electron chi connectivity index (χ0n) is 15.0. The maximum atomic E-state index is 12.5. The van der Waals surface area contributed by atoms with Gasteiger partial charge in [0, 0.05) is 16.4 Å². The molecule has 3 rings (SSSR count). The summed E-state index contributed by atoms with van der Waals surface area (Å²) in [6.45, 7) is 6.10. The van der Waals surface area contributed by atoms with Crippen molar-refractivity contribution >= 4 is 22.5 Å². The van der Waals surface area contributed by atoms with Gasteiger partial charge < -0.3 is 10.1 Å². The van der Waals surface area contributed by atoms with Crippen LogP contribution in [0.3, 0.4) is 0 Å². The number of hydrogen-bond donors (Lipinski definition) is 1. The van der Waals surface area contributed by atoms with Crippen molar-refractivity contribution in [2.24, 2.45) is 0 Å². The van der Waals surface area contributed by atoms with Crippen molar-refractivity contribution in [1.29, 1.82) is 0 Å². The van der Waals surface area contributed by atoms with Gasteiger partial charge in [-0.2, -0.15) is 5.10 Å². The molecule has 2 heterocycles. The number of fused-ring (bicyclic) bond motifs is 1. The summed E-state index contributed by atoms with van der Waals surface area (Å²) in [6.07, 6.45) is 0.261. The standard InChI is InChI=1S/C18H23N3O3S/c1-18(2,3)21-17(14-10-25(23)11-15(14)20-21)19-16(22)9-12-5-7-13(24-4)8-6-12/h5-8H,9-11H2,1-4H3,(H,19,22)/t25-/m0/s1. The second-order valence-corrected chi connectivity index (χ2v) is 8.62. The fourth-order valence-corrected chi connectivity index (χ4v) is 4.11. The zero-order valence-corrected chi connectivity index (χ0v) is 15.8. The van der Waals surface area contributed by atoms with Crippen molar-refractivity contribution in [2.75, 3.05) is 12.4 Å². The molecule has 0 bridgehead atoms. The molecule has 1 amide bonds. The van der Waals surface area contributed by atoms with E-state index in [9.17, 15) is 9.00 Å². The molecule has 1 aliphatic heterocycles. The number of aromatic nitrogens is 2. The van der Waals surface area contributed by atoms with Gasteiger partial charge in [0.05, 0.1) is 36.3 Å². The smallest absolute Gasteiger partial charge is 0.229 e. The van der Waals surface area contributed by atoms with Crippen LogP contribution in [0.4, 0.5) is 5.82 Å². The van der Waals surface area contributed by atoms with Crippen molar-refractivity contribution in [3.8, 4) is 5.75 Å². The Morgan fingerprint density at radius 2 is 1.96 bits per heavy atom. The Balaban J connectivity index is 1.81. The molecule has 1 aromatic heterocycles. The Bertz CT molecular complexity index is 819. The van der Waals surface area contributed by atoms with E-state index in [1.165, 1.54) is 0 Å². The van der Waals surface area contributed by atoms with Gasteiger partial charge in [-0.25, -0.2) is 4.68 Å². The summed E-state index contributed by atoms with van der Waals surface area (Å²) >= 11 is 0. The summed E-state index contributed by atoms with van der Waals surface area (Å²) in [4.78, 5) is 12.5. The van der Waals surface area contributed by atoms with E-state index >= 15 is 0 Å². The lowest BCUT2D eigenvalue weighted by Crippen LogP contribution is -2.28. The minimum Gasteiger partial charge on any atom is -0.497 e. The number of nitrogens with one attached hydrogen (secondary N) is 1. The van der Waals surface area contributed by atoms with Crippen LogP contribution in [-0.4, -0.2) is 27.0 Å². The van der Waals surface area contributed by atoms with E-state index in [2.05, 4.69) is 10.4 Å². The number of anilines is 1. The van der Waals surface area contributed by atoms with Crippen molar-refractivity contribution in [2.45, 2.75) is 44.2 Å². The van der Waals surface area contributed by atoms with E-state index in [-0.39, 0.29) is 17.9 Å².